The van der Waals surface area contributed by atoms with Crippen molar-refractivity contribution in [1.29, 1.82) is 0 Å². The summed E-state index contributed by atoms with van der Waals surface area (Å²) in [6.07, 6.45) is 3.13. The smallest absolute Gasteiger partial charge is 0.254 e. The molecule has 28 heavy (non-hydrogen) atoms. The number of rotatable bonds is 4. The Morgan fingerprint density at radius 3 is 2.54 bits per heavy atom. The molecule has 1 amide bonds. The van der Waals surface area contributed by atoms with Crippen LogP contribution in [0, 0.1) is 0 Å². The Kier molecular flexibility index (Phi) is 5.68. The van der Waals surface area contributed by atoms with Crippen molar-refractivity contribution >= 4 is 5.91 Å². The summed E-state index contributed by atoms with van der Waals surface area (Å²) < 4.78 is 20.6. The van der Waals surface area contributed by atoms with E-state index < -0.39 is 0 Å². The number of morpholine rings is 1. The number of carbonyl (C=O) groups is 1. The van der Waals surface area contributed by atoms with Gasteiger partial charge in [0.25, 0.3) is 5.91 Å². The summed E-state index contributed by atoms with van der Waals surface area (Å²) in [5.74, 6) is -0.257. The Morgan fingerprint density at radius 1 is 1.07 bits per heavy atom. The molecule has 1 fully saturated rings. The molecule has 1 aliphatic heterocycles. The number of halogens is 1. The maximum atomic E-state index is 14.7. The van der Waals surface area contributed by atoms with E-state index in [0.29, 0.717) is 50.1 Å². The number of carbonyl (C=O) groups excluding carboxylic acids is 1. The van der Waals surface area contributed by atoms with Crippen molar-refractivity contribution in [1.82, 2.24) is 4.90 Å². The Labute approximate surface area is 165 Å². The van der Waals surface area contributed by atoms with E-state index >= 15 is 0 Å². The van der Waals surface area contributed by atoms with Crippen LogP contribution in [0.15, 0.2) is 83.7 Å². The Balaban J connectivity index is 1.53. The van der Waals surface area contributed by atoms with Gasteiger partial charge in [0.15, 0.2) is 0 Å². The van der Waals surface area contributed by atoms with E-state index in [2.05, 4.69) is 0 Å². The molecule has 4 heteroatoms. The lowest BCUT2D eigenvalue weighted by molar-refractivity contribution is -0.134. The molecule has 4 rings (SSSR count). The van der Waals surface area contributed by atoms with E-state index in [1.54, 1.807) is 4.90 Å². The third kappa shape index (κ3) is 4.07. The van der Waals surface area contributed by atoms with E-state index in [0.717, 1.165) is 11.1 Å². The zero-order chi connectivity index (χ0) is 19.3. The summed E-state index contributed by atoms with van der Waals surface area (Å²) in [6.45, 7) is 1.50. The molecule has 2 aromatic rings. The molecule has 1 aliphatic carbocycles. The van der Waals surface area contributed by atoms with E-state index in [1.165, 1.54) is 0 Å². The molecule has 1 saturated heterocycles. The molecule has 2 aliphatic rings. The van der Waals surface area contributed by atoms with Crippen LogP contribution < -0.4 is 0 Å². The molecule has 1 unspecified atom stereocenters. The maximum absolute atomic E-state index is 14.7. The molecule has 1 atom stereocenters. The molecule has 0 radical (unpaired) electrons. The first-order chi connectivity index (χ1) is 13.7. The highest BCUT2D eigenvalue weighted by molar-refractivity contribution is 5.98. The SMILES string of the molecule is O=C(C1=CCCC(F)=C1Cc1ccccc1)N1CCOC(c2ccccc2)C1. The molecule has 0 bridgehead atoms. The molecule has 0 spiro atoms. The maximum Gasteiger partial charge on any atom is 0.254 e. The lowest BCUT2D eigenvalue weighted by Gasteiger charge is -2.34. The second-order valence-electron chi connectivity index (χ2n) is 7.22. The molecule has 1 heterocycles. The van der Waals surface area contributed by atoms with Gasteiger partial charge in [-0.25, -0.2) is 4.39 Å². The topological polar surface area (TPSA) is 29.5 Å². The molecule has 0 aromatic heterocycles. The predicted molar refractivity (Wildman–Crippen MR) is 107 cm³/mol. The van der Waals surface area contributed by atoms with Gasteiger partial charge in [-0.3, -0.25) is 4.79 Å². The minimum atomic E-state index is -0.164. The Bertz CT molecular complexity index is 889. The largest absolute Gasteiger partial charge is 0.370 e. The minimum absolute atomic E-state index is 0.0926. The summed E-state index contributed by atoms with van der Waals surface area (Å²) in [4.78, 5) is 15.1. The Morgan fingerprint density at radius 2 is 1.79 bits per heavy atom. The average molecular weight is 377 g/mol. The predicted octanol–water partition coefficient (Wildman–Crippen LogP) is 4.77. The van der Waals surface area contributed by atoms with Crippen LogP contribution in [-0.4, -0.2) is 30.5 Å². The first-order valence-electron chi connectivity index (χ1n) is 9.80. The summed E-state index contributed by atoms with van der Waals surface area (Å²) in [7, 11) is 0. The van der Waals surface area contributed by atoms with Gasteiger partial charge in [0.2, 0.25) is 0 Å². The molecule has 144 valence electrons. The average Bonchev–Trinajstić information content (AvgIpc) is 2.76. The number of nitrogens with zero attached hydrogens (tertiary/aromatic N) is 1. The third-order valence-electron chi connectivity index (χ3n) is 5.34. The molecular formula is C24H24FNO2. The highest BCUT2D eigenvalue weighted by atomic mass is 19.1. The van der Waals surface area contributed by atoms with E-state index in [-0.39, 0.29) is 17.8 Å². The van der Waals surface area contributed by atoms with Crippen LogP contribution in [0.4, 0.5) is 4.39 Å². The van der Waals surface area contributed by atoms with E-state index in [9.17, 15) is 9.18 Å². The molecule has 0 N–H and O–H groups in total. The van der Waals surface area contributed by atoms with Crippen LogP contribution in [0.25, 0.3) is 0 Å². The van der Waals surface area contributed by atoms with Crippen LogP contribution in [-0.2, 0) is 16.0 Å². The van der Waals surface area contributed by atoms with Crippen LogP contribution in [0.5, 0.6) is 0 Å². The molecule has 3 nitrogen and oxygen atoms in total. The number of ether oxygens (including phenoxy) is 1. The van der Waals surface area contributed by atoms with Crippen LogP contribution in [0.3, 0.4) is 0 Å². The van der Waals surface area contributed by atoms with Crippen molar-refractivity contribution in [2.75, 3.05) is 19.7 Å². The quantitative estimate of drug-likeness (QED) is 0.768. The van der Waals surface area contributed by atoms with Crippen molar-refractivity contribution in [2.45, 2.75) is 25.4 Å². The summed E-state index contributed by atoms with van der Waals surface area (Å²) >= 11 is 0. The summed E-state index contributed by atoms with van der Waals surface area (Å²) in [5.41, 5.74) is 3.12. The van der Waals surface area contributed by atoms with Gasteiger partial charge >= 0.3 is 0 Å². The van der Waals surface area contributed by atoms with Gasteiger partial charge in [-0.15, -0.1) is 0 Å². The number of allylic oxidation sites excluding steroid dienone is 2. The van der Waals surface area contributed by atoms with Crippen molar-refractivity contribution in [2.24, 2.45) is 0 Å². The van der Waals surface area contributed by atoms with Crippen molar-refractivity contribution in [3.63, 3.8) is 0 Å². The summed E-state index contributed by atoms with van der Waals surface area (Å²) in [5, 5.41) is 0. The second kappa shape index (κ2) is 8.53. The zero-order valence-electron chi connectivity index (χ0n) is 15.8. The highest BCUT2D eigenvalue weighted by Gasteiger charge is 2.30. The highest BCUT2D eigenvalue weighted by Crippen LogP contribution is 2.32. The Hall–Kier alpha value is -2.72. The fourth-order valence-corrected chi connectivity index (χ4v) is 3.84. The first kappa shape index (κ1) is 18.6. The fourth-order valence-electron chi connectivity index (χ4n) is 3.84. The number of benzene rings is 2. The van der Waals surface area contributed by atoms with Crippen molar-refractivity contribution in [3.05, 3.63) is 94.8 Å². The van der Waals surface area contributed by atoms with Gasteiger partial charge in [0, 0.05) is 30.5 Å². The molecular weight excluding hydrogens is 353 g/mol. The summed E-state index contributed by atoms with van der Waals surface area (Å²) in [6, 6.07) is 19.7. The number of hydrogen-bond donors (Lipinski definition) is 0. The molecule has 2 aromatic carbocycles. The van der Waals surface area contributed by atoms with Gasteiger partial charge in [0.1, 0.15) is 11.9 Å². The number of hydrogen-bond acceptors (Lipinski definition) is 2. The van der Waals surface area contributed by atoms with Gasteiger partial charge in [-0.05, 0) is 17.5 Å². The van der Waals surface area contributed by atoms with E-state index in [4.69, 9.17) is 4.74 Å². The standard InChI is InChI=1S/C24H24FNO2/c25-22-13-7-12-20(21(22)16-18-8-3-1-4-9-18)24(27)26-14-15-28-23(17-26)19-10-5-2-6-11-19/h1-6,8-12,23H,7,13-17H2. The first-order valence-corrected chi connectivity index (χ1v) is 9.80. The lowest BCUT2D eigenvalue weighted by Crippen LogP contribution is -2.43. The van der Waals surface area contributed by atoms with Gasteiger partial charge < -0.3 is 9.64 Å². The van der Waals surface area contributed by atoms with Crippen molar-refractivity contribution < 1.29 is 13.9 Å². The van der Waals surface area contributed by atoms with Gasteiger partial charge in [0.05, 0.1) is 13.2 Å². The lowest BCUT2D eigenvalue weighted by atomic mass is 9.90. The van der Waals surface area contributed by atoms with Crippen molar-refractivity contribution in [3.8, 4) is 0 Å². The second-order valence-corrected chi connectivity index (χ2v) is 7.22. The van der Waals surface area contributed by atoms with E-state index in [1.807, 2.05) is 66.7 Å². The third-order valence-corrected chi connectivity index (χ3v) is 5.34. The zero-order valence-corrected chi connectivity index (χ0v) is 15.8. The monoisotopic (exact) mass is 377 g/mol. The van der Waals surface area contributed by atoms with Crippen LogP contribution >= 0.6 is 0 Å². The van der Waals surface area contributed by atoms with Gasteiger partial charge in [-0.2, -0.15) is 0 Å². The van der Waals surface area contributed by atoms with Crippen LogP contribution in [0.1, 0.15) is 30.1 Å². The van der Waals surface area contributed by atoms with Crippen LogP contribution in [0.2, 0.25) is 0 Å². The number of amides is 1. The fraction of sp³-hybridized carbons (Fsp3) is 0.292. The normalized spacial score (nSPS) is 20.1. The molecule has 0 saturated carbocycles. The van der Waals surface area contributed by atoms with Gasteiger partial charge in [-0.1, -0.05) is 66.7 Å². The minimum Gasteiger partial charge on any atom is -0.370 e.